The van der Waals surface area contributed by atoms with Crippen molar-refractivity contribution in [1.29, 1.82) is 0 Å². The van der Waals surface area contributed by atoms with Crippen LogP contribution in [0.2, 0.25) is 0 Å². The summed E-state index contributed by atoms with van der Waals surface area (Å²) >= 11 is 0. The van der Waals surface area contributed by atoms with E-state index in [0.29, 0.717) is 0 Å². The van der Waals surface area contributed by atoms with E-state index in [9.17, 15) is 0 Å². The van der Waals surface area contributed by atoms with Gasteiger partial charge in [-0.05, 0) is 144 Å². The van der Waals surface area contributed by atoms with Gasteiger partial charge in [-0.2, -0.15) is 0 Å². The van der Waals surface area contributed by atoms with Gasteiger partial charge in [0.05, 0.1) is 16.4 Å². The third-order valence-corrected chi connectivity index (χ3v) is 15.5. The van der Waals surface area contributed by atoms with E-state index in [1.165, 1.54) is 111 Å². The van der Waals surface area contributed by atoms with Crippen molar-refractivity contribution < 1.29 is 0 Å². The van der Waals surface area contributed by atoms with E-state index >= 15 is 0 Å². The molecule has 0 saturated heterocycles. The highest BCUT2D eigenvalue weighted by Crippen LogP contribution is 2.64. The van der Waals surface area contributed by atoms with Crippen LogP contribution in [-0.2, 0) is 10.8 Å². The summed E-state index contributed by atoms with van der Waals surface area (Å²) < 4.78 is 2.38. The Morgan fingerprint density at radius 3 is 1.72 bits per heavy atom. The summed E-state index contributed by atoms with van der Waals surface area (Å²) in [5.74, 6) is 0. The minimum absolute atomic E-state index is 0.122. The molecule has 0 N–H and O–H groups in total. The molecule has 0 atom stereocenters. The van der Waals surface area contributed by atoms with Crippen LogP contribution in [0, 0.1) is 0 Å². The maximum Gasteiger partial charge on any atom is 0.0691 e. The summed E-state index contributed by atoms with van der Waals surface area (Å²) in [6.07, 6.45) is 8.02. The van der Waals surface area contributed by atoms with Crippen LogP contribution in [0.25, 0.3) is 66.4 Å². The van der Waals surface area contributed by atoms with E-state index in [2.05, 4.69) is 254 Å². The molecule has 14 rings (SSSR count). The minimum atomic E-state index is -0.354. The Bertz CT molecular complexity index is 3750. The molecule has 0 radical (unpaired) electrons. The molecule has 0 fully saturated rings. The van der Waals surface area contributed by atoms with Crippen molar-refractivity contribution in [2.24, 2.45) is 0 Å². The zero-order valence-electron chi connectivity index (χ0n) is 37.5. The fourth-order valence-electron chi connectivity index (χ4n) is 12.5. The molecule has 0 unspecified atom stereocenters. The lowest BCUT2D eigenvalue weighted by Gasteiger charge is -2.34. The summed E-state index contributed by atoms with van der Waals surface area (Å²) in [6, 6.07) is 79.1. The van der Waals surface area contributed by atoms with Gasteiger partial charge in [0.25, 0.3) is 0 Å². The van der Waals surface area contributed by atoms with Crippen LogP contribution in [0.3, 0.4) is 0 Å². The number of hydrogen-bond acceptors (Lipinski definition) is 1. The average molecular weight is 855 g/mol. The molecule has 1 aromatic heterocycles. The first-order chi connectivity index (χ1) is 33.0. The molecule has 4 aliphatic carbocycles. The predicted molar refractivity (Wildman–Crippen MR) is 279 cm³/mol. The van der Waals surface area contributed by atoms with E-state index in [1.807, 2.05) is 0 Å². The molecule has 0 bridgehead atoms. The maximum atomic E-state index is 2.45. The lowest BCUT2D eigenvalue weighted by Crippen LogP contribution is -2.28. The smallest absolute Gasteiger partial charge is 0.0691 e. The minimum Gasteiger partial charge on any atom is -0.317 e. The van der Waals surface area contributed by atoms with Gasteiger partial charge in [0.2, 0.25) is 0 Å². The number of hydrogen-bond donors (Lipinski definition) is 0. The fourth-order valence-corrected chi connectivity index (χ4v) is 12.5. The second-order valence-corrected chi connectivity index (χ2v) is 19.2. The maximum absolute atomic E-state index is 2.45. The Labute approximate surface area is 391 Å². The van der Waals surface area contributed by atoms with Crippen LogP contribution in [0.1, 0.15) is 53.6 Å². The first kappa shape index (κ1) is 38.1. The first-order valence-electron chi connectivity index (χ1n) is 23.6. The van der Waals surface area contributed by atoms with Crippen molar-refractivity contribution in [3.8, 4) is 39.1 Å². The van der Waals surface area contributed by atoms with Crippen molar-refractivity contribution in [3.05, 3.63) is 275 Å². The third-order valence-electron chi connectivity index (χ3n) is 15.5. The first-order valence-corrected chi connectivity index (χ1v) is 23.6. The number of anilines is 2. The van der Waals surface area contributed by atoms with Crippen molar-refractivity contribution in [3.63, 3.8) is 0 Å². The second-order valence-electron chi connectivity index (χ2n) is 19.2. The molecular formula is C65H46N2. The zero-order valence-corrected chi connectivity index (χ0v) is 37.5. The normalized spacial score (nSPS) is 16.0. The van der Waals surface area contributed by atoms with E-state index in [0.717, 1.165) is 17.8 Å². The van der Waals surface area contributed by atoms with Gasteiger partial charge in [-0.3, -0.25) is 0 Å². The Balaban J connectivity index is 0.900. The molecule has 67 heavy (non-hydrogen) atoms. The average Bonchev–Trinajstić information content (AvgIpc) is 4.06. The summed E-state index contributed by atoms with van der Waals surface area (Å²) in [6.45, 7) is 4.75. The highest BCUT2D eigenvalue weighted by molar-refractivity contribution is 6.10. The SMILES string of the molecule is CC1(C)c2ccccc2-c2ccc(N(/C=C3\C=CC4=C(C3)C3(c5ccccc54)c4ccccc4-c4ccccc43)c3ccc(-c4ccc5c(c4)c4ccccc4n5-c4ccccc4)cc3)cc21. The van der Waals surface area contributed by atoms with Gasteiger partial charge < -0.3 is 9.47 Å². The molecular weight excluding hydrogens is 809 g/mol. The number of fused-ring (bicyclic) bond motifs is 15. The standard InChI is InChI=1S/C65H46N2/c1-64(2)56-23-11-6-18-48(56)52-36-34-47(40-60(52)64)66(45-32-29-43(30-33-45)44-31-37-63-55(39-44)54-22-10-15-27-62(54)67(63)46-16-4-3-5-17-46)41-42-28-35-53-51-21-9-14-26-59(51)65(61(53)38-42)57-24-12-7-19-49(57)50-20-8-13-25-58(50)65/h3-37,39-41H,38H2,1-2H3/b42-41+. The van der Waals surface area contributed by atoms with Gasteiger partial charge in [-0.1, -0.05) is 184 Å². The van der Waals surface area contributed by atoms with E-state index in [-0.39, 0.29) is 10.8 Å². The topological polar surface area (TPSA) is 8.17 Å². The molecule has 1 spiro atoms. The van der Waals surface area contributed by atoms with Crippen LogP contribution in [-0.4, -0.2) is 4.57 Å². The van der Waals surface area contributed by atoms with Crippen molar-refractivity contribution >= 4 is 38.8 Å². The van der Waals surface area contributed by atoms with Crippen molar-refractivity contribution in [2.75, 3.05) is 4.90 Å². The van der Waals surface area contributed by atoms with Crippen molar-refractivity contribution in [1.82, 2.24) is 4.57 Å². The van der Waals surface area contributed by atoms with Gasteiger partial charge in [-0.25, -0.2) is 0 Å². The number of para-hydroxylation sites is 2. The molecule has 2 nitrogen and oxygen atoms in total. The third kappa shape index (κ3) is 5.33. The van der Waals surface area contributed by atoms with Gasteiger partial charge in [0, 0.05) is 39.4 Å². The molecule has 4 aliphatic rings. The van der Waals surface area contributed by atoms with E-state index < -0.39 is 0 Å². The zero-order chi connectivity index (χ0) is 44.4. The summed E-state index contributed by atoms with van der Waals surface area (Å²) in [4.78, 5) is 2.44. The predicted octanol–water partition coefficient (Wildman–Crippen LogP) is 16.5. The van der Waals surface area contributed by atoms with Gasteiger partial charge >= 0.3 is 0 Å². The fraction of sp³-hybridized carbons (Fsp3) is 0.0769. The van der Waals surface area contributed by atoms with E-state index in [4.69, 9.17) is 0 Å². The van der Waals surface area contributed by atoms with E-state index in [1.54, 1.807) is 0 Å². The molecule has 0 amide bonds. The van der Waals surface area contributed by atoms with Crippen LogP contribution in [0.15, 0.2) is 242 Å². The Kier molecular flexibility index (Phi) is 8.05. The highest BCUT2D eigenvalue weighted by Gasteiger charge is 2.52. The molecule has 0 saturated carbocycles. The van der Waals surface area contributed by atoms with Crippen LogP contribution in [0.5, 0.6) is 0 Å². The largest absolute Gasteiger partial charge is 0.317 e. The highest BCUT2D eigenvalue weighted by atomic mass is 15.1. The van der Waals surface area contributed by atoms with Gasteiger partial charge in [0.1, 0.15) is 0 Å². The quantitative estimate of drug-likeness (QED) is 0.167. The molecule has 0 aliphatic heterocycles. The lowest BCUT2D eigenvalue weighted by atomic mass is 9.68. The van der Waals surface area contributed by atoms with Gasteiger partial charge in [-0.15, -0.1) is 0 Å². The summed E-state index contributed by atoms with van der Waals surface area (Å²) in [5, 5.41) is 2.51. The number of benzene rings is 9. The molecule has 10 aromatic rings. The number of rotatable bonds is 5. The molecule has 316 valence electrons. The Morgan fingerprint density at radius 1 is 0.433 bits per heavy atom. The van der Waals surface area contributed by atoms with Crippen LogP contribution >= 0.6 is 0 Å². The van der Waals surface area contributed by atoms with Crippen molar-refractivity contribution in [2.45, 2.75) is 31.1 Å². The Hall–Kier alpha value is -8.20. The Morgan fingerprint density at radius 2 is 0.985 bits per heavy atom. The van der Waals surface area contributed by atoms with Crippen LogP contribution in [0.4, 0.5) is 11.4 Å². The number of nitrogens with zero attached hydrogens (tertiary/aromatic N) is 2. The van der Waals surface area contributed by atoms with Crippen LogP contribution < -0.4 is 4.90 Å². The molecule has 9 aromatic carbocycles. The number of allylic oxidation sites excluding steroid dienone is 5. The van der Waals surface area contributed by atoms with Gasteiger partial charge in [0.15, 0.2) is 0 Å². The summed E-state index contributed by atoms with van der Waals surface area (Å²) in [5.41, 5.74) is 25.5. The molecule has 2 heteroatoms. The summed E-state index contributed by atoms with van der Waals surface area (Å²) in [7, 11) is 0. The second kappa shape index (κ2) is 14.1. The monoisotopic (exact) mass is 854 g/mol. The number of aromatic nitrogens is 1. The lowest BCUT2D eigenvalue weighted by molar-refractivity contribution is 0.660. The molecule has 1 heterocycles.